The Kier molecular flexibility index (Phi) is 12.6. The summed E-state index contributed by atoms with van der Waals surface area (Å²) in [6, 6.07) is 7.88. The molecule has 6 aromatic heterocycles. The van der Waals surface area contributed by atoms with Crippen molar-refractivity contribution in [1.82, 2.24) is 48.8 Å². The third-order valence-electron chi connectivity index (χ3n) is 15.7. The number of rotatable bonds is 9. The summed E-state index contributed by atoms with van der Waals surface area (Å²) < 4.78 is 15.2. The van der Waals surface area contributed by atoms with Crippen molar-refractivity contribution in [2.75, 3.05) is 93.6 Å². The topological polar surface area (TPSA) is 224 Å². The fourth-order valence-electron chi connectivity index (χ4n) is 11.4. The van der Waals surface area contributed by atoms with Gasteiger partial charge in [0.05, 0.1) is 56.8 Å². The van der Waals surface area contributed by atoms with Crippen LogP contribution in [0.4, 0.5) is 29.0 Å². The molecule has 0 spiro atoms. The number of nitrogens with one attached hydrogen (secondary N) is 1. The minimum absolute atomic E-state index is 0.202. The number of ketones is 2. The lowest BCUT2D eigenvalue weighted by Crippen LogP contribution is -2.62. The van der Waals surface area contributed by atoms with Crippen molar-refractivity contribution >= 4 is 73.4 Å². The number of hydrogen-bond donors (Lipinski definition) is 2. The predicted octanol–water partition coefficient (Wildman–Crippen LogP) is 4.67. The van der Waals surface area contributed by atoms with E-state index in [1.54, 1.807) is 28.5 Å². The number of nitrogens with zero attached hydrogens (tertiary/aromatic N) is 12. The number of likely N-dealkylation sites (N-methyl/N-ethyl adjacent to an activating group) is 2. The first-order valence-electron chi connectivity index (χ1n) is 24.5. The van der Waals surface area contributed by atoms with Crippen molar-refractivity contribution in [2.45, 2.75) is 82.5 Å². The number of anilines is 5. The fourth-order valence-corrected chi connectivity index (χ4v) is 11.8. The second-order valence-corrected chi connectivity index (χ2v) is 21.9. The maximum atomic E-state index is 13.4. The molecular formula is C51H62N14O5S. The highest BCUT2D eigenvalue weighted by atomic mass is 32.2. The lowest BCUT2D eigenvalue weighted by atomic mass is 9.49. The summed E-state index contributed by atoms with van der Waals surface area (Å²) in [5, 5.41) is 4.85. The Hall–Kier alpha value is -6.51. The van der Waals surface area contributed by atoms with Crippen LogP contribution in [-0.4, -0.2) is 137 Å². The van der Waals surface area contributed by atoms with Gasteiger partial charge in [-0.15, -0.1) is 0 Å². The number of hydrogen-bond acceptors (Lipinski definition) is 17. The summed E-state index contributed by atoms with van der Waals surface area (Å²) >= 11 is 0. The molecule has 8 aliphatic rings. The van der Waals surface area contributed by atoms with Crippen LogP contribution < -0.4 is 32.0 Å². The zero-order valence-corrected chi connectivity index (χ0v) is 42.4. The molecular weight excluding hydrogens is 921 g/mol. The second-order valence-electron chi connectivity index (χ2n) is 20.6. The lowest BCUT2D eigenvalue weighted by molar-refractivity contribution is -0.0886. The molecule has 1 atom stereocenters. The lowest BCUT2D eigenvalue weighted by Gasteiger charge is -2.62. The molecule has 6 aromatic rings. The number of pyridine rings is 4. The third-order valence-corrected chi connectivity index (χ3v) is 16.5. The molecule has 2 aliphatic heterocycles. The Morgan fingerprint density at radius 3 is 1.48 bits per heavy atom. The molecule has 3 N–H and O–H groups in total. The van der Waals surface area contributed by atoms with E-state index >= 15 is 0 Å². The molecule has 0 amide bonds. The van der Waals surface area contributed by atoms with Crippen LogP contribution in [-0.2, 0) is 21.9 Å². The van der Waals surface area contributed by atoms with Gasteiger partial charge >= 0.3 is 0 Å². The van der Waals surface area contributed by atoms with Gasteiger partial charge in [0.1, 0.15) is 22.9 Å². The SMILES string of the molecule is CC(=O)c1c(C)c2cnc(Nc3ccc(N4CCN(C)CC4)cn3)nc2n(C23CC(C2)C3)c1=O.CC(=O)c1c(C)c2cnc(S(C)=O)nc2n(C23CC(C2)C3)c1=O.CN1CCN(c2ccc(N)nc2)CC1. The number of carbonyl (C=O) groups is 2. The monoisotopic (exact) mass is 982 g/mol. The molecule has 0 aromatic carbocycles. The second kappa shape index (κ2) is 18.6. The Bertz CT molecular complexity index is 3200. The average Bonchev–Trinajstić information content (AvgIpc) is 3.28. The smallest absolute Gasteiger partial charge is 0.263 e. The minimum atomic E-state index is -1.32. The largest absolute Gasteiger partial charge is 0.384 e. The zero-order chi connectivity index (χ0) is 50.1. The van der Waals surface area contributed by atoms with Crippen LogP contribution in [0.25, 0.3) is 22.1 Å². The summed E-state index contributed by atoms with van der Waals surface area (Å²) in [7, 11) is 2.97. The first-order valence-corrected chi connectivity index (χ1v) is 26.0. The van der Waals surface area contributed by atoms with Gasteiger partial charge in [-0.05, 0) is 128 Å². The van der Waals surface area contributed by atoms with E-state index in [-0.39, 0.29) is 50.0 Å². The standard InChI is InChI=1S/C25H29N7O2.C16H17N3O3S.C10H16N4/c1-15-19-14-27-24(28-20-5-4-18(13-26-20)31-8-6-30(3)7-9-31)29-22(19)32(23(34)21(15)16(2)33)25-10-17(11-25)12-25;1-8-11-7-17-15(23(3)22)18-13(11)19(14(21)12(8)9(2)20)16-4-10(5-16)6-16;1-13-4-6-14(7-5-13)9-2-3-10(11)12-8-9/h4-5,13-14,17H,6-12H2,1-3H3,(H,26,27,28,29);7,10H,4-6H2,1-3H3;2-3,8H,4-7H2,1H3,(H2,11,12). The van der Waals surface area contributed by atoms with E-state index < -0.39 is 10.8 Å². The van der Waals surface area contributed by atoms with Crippen LogP contribution in [0.15, 0.2) is 63.8 Å². The fraction of sp³-hybridized carbons (Fsp3) is 0.490. The number of aryl methyl sites for hydroxylation is 2. The number of fused-ring (bicyclic) bond motifs is 2. The van der Waals surface area contributed by atoms with Crippen molar-refractivity contribution in [1.29, 1.82) is 0 Å². The molecule has 1 unspecified atom stereocenters. The van der Waals surface area contributed by atoms with Gasteiger partial charge in [-0.2, -0.15) is 4.98 Å². The highest BCUT2D eigenvalue weighted by Crippen LogP contribution is 2.63. The van der Waals surface area contributed by atoms with Crippen molar-refractivity contribution in [3.63, 3.8) is 0 Å². The first kappa shape index (κ1) is 48.1. The van der Waals surface area contributed by atoms with E-state index in [0.717, 1.165) is 102 Å². The molecule has 6 saturated carbocycles. The minimum Gasteiger partial charge on any atom is -0.384 e. The number of aromatic nitrogens is 8. The van der Waals surface area contributed by atoms with Crippen LogP contribution in [0, 0.1) is 25.7 Å². The van der Waals surface area contributed by atoms with Gasteiger partial charge in [0.2, 0.25) is 11.1 Å². The normalized spacial score (nSPS) is 23.7. The van der Waals surface area contributed by atoms with Crippen LogP contribution in [0.2, 0.25) is 0 Å². The highest BCUT2D eigenvalue weighted by molar-refractivity contribution is 7.84. The van der Waals surface area contributed by atoms with Gasteiger partial charge in [0.15, 0.2) is 11.6 Å². The molecule has 2 saturated heterocycles. The van der Waals surface area contributed by atoms with Crippen LogP contribution in [0.1, 0.15) is 84.2 Å². The third kappa shape index (κ3) is 8.77. The van der Waals surface area contributed by atoms with Crippen LogP contribution in [0.5, 0.6) is 0 Å². The highest BCUT2D eigenvalue weighted by Gasteiger charge is 2.60. The van der Waals surface area contributed by atoms with Crippen molar-refractivity contribution in [3.8, 4) is 0 Å². The van der Waals surface area contributed by atoms with Crippen molar-refractivity contribution in [3.05, 3.63) is 92.0 Å². The van der Waals surface area contributed by atoms with E-state index in [1.807, 2.05) is 37.5 Å². The van der Waals surface area contributed by atoms with Gasteiger partial charge in [0.25, 0.3) is 11.1 Å². The number of piperazine rings is 2. The summed E-state index contributed by atoms with van der Waals surface area (Å²) in [6.45, 7) is 14.9. The molecule has 20 heteroatoms. The molecule has 0 radical (unpaired) electrons. The Morgan fingerprint density at radius 1 is 0.634 bits per heavy atom. The van der Waals surface area contributed by atoms with Crippen molar-refractivity contribution in [2.24, 2.45) is 11.8 Å². The van der Waals surface area contributed by atoms with E-state index in [4.69, 9.17) is 10.7 Å². The average molecular weight is 983 g/mol. The summed E-state index contributed by atoms with van der Waals surface area (Å²) in [5.74, 6) is 2.54. The summed E-state index contributed by atoms with van der Waals surface area (Å²) in [5.41, 5.74) is 9.73. The Labute approximate surface area is 414 Å². The first-order chi connectivity index (χ1) is 33.9. The zero-order valence-electron chi connectivity index (χ0n) is 41.6. The Morgan fingerprint density at radius 2 is 1.08 bits per heavy atom. The van der Waals surface area contributed by atoms with Crippen LogP contribution in [0.3, 0.4) is 0 Å². The molecule has 372 valence electrons. The van der Waals surface area contributed by atoms with Crippen LogP contribution >= 0.6 is 0 Å². The summed E-state index contributed by atoms with van der Waals surface area (Å²) in [6.07, 6.45) is 14.3. The van der Waals surface area contributed by atoms with Gasteiger partial charge in [-0.25, -0.2) is 24.9 Å². The molecule has 19 nitrogen and oxygen atoms in total. The predicted molar refractivity (Wildman–Crippen MR) is 276 cm³/mol. The maximum absolute atomic E-state index is 13.4. The van der Waals surface area contributed by atoms with E-state index in [2.05, 4.69) is 70.0 Å². The van der Waals surface area contributed by atoms with Crippen molar-refractivity contribution < 1.29 is 13.8 Å². The maximum Gasteiger partial charge on any atom is 0.263 e. The van der Waals surface area contributed by atoms with Gasteiger partial charge in [-0.3, -0.25) is 32.5 Å². The summed E-state index contributed by atoms with van der Waals surface area (Å²) in [4.78, 5) is 86.5. The molecule has 14 rings (SSSR count). The number of nitrogens with two attached hydrogens (primary N) is 1. The van der Waals surface area contributed by atoms with E-state index in [0.29, 0.717) is 57.2 Å². The molecule has 8 heterocycles. The van der Waals surface area contributed by atoms with Gasteiger partial charge < -0.3 is 30.7 Å². The molecule has 4 bridgehead atoms. The van der Waals surface area contributed by atoms with Gasteiger partial charge in [0, 0.05) is 81.8 Å². The number of carbonyl (C=O) groups excluding carboxylic acids is 2. The molecule has 6 aliphatic carbocycles. The van der Waals surface area contributed by atoms with E-state index in [9.17, 15) is 23.4 Å². The number of Topliss-reactive ketones (excluding diaryl/α,β-unsaturated/α-hetero) is 2. The quantitative estimate of drug-likeness (QED) is 0.148. The molecule has 71 heavy (non-hydrogen) atoms. The number of nitrogen functional groups attached to an aromatic ring is 1. The van der Waals surface area contributed by atoms with Gasteiger partial charge in [-0.1, -0.05) is 0 Å². The molecule has 8 fully saturated rings. The van der Waals surface area contributed by atoms with E-state index in [1.165, 1.54) is 25.8 Å². The Balaban J connectivity index is 0.000000135.